The molecule has 1 aliphatic heterocycles. The maximum atomic E-state index is 13.8. The highest BCUT2D eigenvalue weighted by atomic mass is 19.1. The number of anilines is 1. The zero-order valence-electron chi connectivity index (χ0n) is 11.9. The monoisotopic (exact) mass is 294 g/mol. The van der Waals surface area contributed by atoms with Gasteiger partial charge < -0.3 is 15.4 Å². The van der Waals surface area contributed by atoms with Crippen molar-refractivity contribution in [1.29, 1.82) is 0 Å². The van der Waals surface area contributed by atoms with E-state index in [-0.39, 0.29) is 12.1 Å². The van der Waals surface area contributed by atoms with E-state index in [1.54, 1.807) is 12.3 Å². The molecule has 1 aromatic heterocycles. The Morgan fingerprint density at radius 2 is 2.29 bits per heavy atom. The van der Waals surface area contributed by atoms with Crippen molar-refractivity contribution >= 4 is 11.7 Å². The van der Waals surface area contributed by atoms with Gasteiger partial charge in [0.05, 0.1) is 18.7 Å². The van der Waals surface area contributed by atoms with Gasteiger partial charge in [-0.05, 0) is 32.3 Å². The highest BCUT2D eigenvalue weighted by Crippen LogP contribution is 2.40. The van der Waals surface area contributed by atoms with Crippen molar-refractivity contribution in [2.24, 2.45) is 0 Å². The SMILES string of the molecule is Cc1nccc(N[C@@H]2COCC[C@@H]2NC(=O)C2(F)CC2)n1. The molecule has 21 heavy (non-hydrogen) atoms. The molecular formula is C14H19FN4O2. The normalized spacial score (nSPS) is 27.0. The van der Waals surface area contributed by atoms with Crippen molar-refractivity contribution in [2.45, 2.75) is 43.9 Å². The summed E-state index contributed by atoms with van der Waals surface area (Å²) in [6.45, 7) is 2.82. The molecule has 1 aromatic rings. The Kier molecular flexibility index (Phi) is 3.75. The maximum Gasteiger partial charge on any atom is 0.257 e. The third kappa shape index (κ3) is 3.29. The number of hydrogen-bond donors (Lipinski definition) is 2. The Labute approximate surface area is 122 Å². The van der Waals surface area contributed by atoms with Gasteiger partial charge in [-0.25, -0.2) is 14.4 Å². The first-order valence-corrected chi connectivity index (χ1v) is 7.21. The van der Waals surface area contributed by atoms with Gasteiger partial charge in [-0.3, -0.25) is 4.79 Å². The highest BCUT2D eigenvalue weighted by Gasteiger charge is 2.51. The Balaban J connectivity index is 1.65. The second-order valence-electron chi connectivity index (χ2n) is 5.65. The number of carbonyl (C=O) groups is 1. The van der Waals surface area contributed by atoms with E-state index in [1.165, 1.54) is 0 Å². The van der Waals surface area contributed by atoms with Crippen LogP contribution in [0.25, 0.3) is 0 Å². The quantitative estimate of drug-likeness (QED) is 0.865. The van der Waals surface area contributed by atoms with E-state index in [1.807, 2.05) is 6.92 Å². The molecule has 0 aromatic carbocycles. The summed E-state index contributed by atoms with van der Waals surface area (Å²) in [5.74, 6) is 0.844. The van der Waals surface area contributed by atoms with Gasteiger partial charge >= 0.3 is 0 Å². The van der Waals surface area contributed by atoms with Crippen LogP contribution in [0.2, 0.25) is 0 Å². The molecule has 1 amide bonds. The van der Waals surface area contributed by atoms with Crippen LogP contribution in [0.15, 0.2) is 12.3 Å². The largest absolute Gasteiger partial charge is 0.379 e. The zero-order valence-corrected chi connectivity index (χ0v) is 11.9. The number of aromatic nitrogens is 2. The molecule has 0 unspecified atom stereocenters. The molecule has 114 valence electrons. The molecule has 2 atom stereocenters. The lowest BCUT2D eigenvalue weighted by molar-refractivity contribution is -0.128. The van der Waals surface area contributed by atoms with Crippen LogP contribution in [-0.4, -0.2) is 46.8 Å². The van der Waals surface area contributed by atoms with Crippen LogP contribution in [-0.2, 0) is 9.53 Å². The van der Waals surface area contributed by atoms with Crippen molar-refractivity contribution in [2.75, 3.05) is 18.5 Å². The number of halogens is 1. The van der Waals surface area contributed by atoms with Crippen LogP contribution in [0.1, 0.15) is 25.1 Å². The van der Waals surface area contributed by atoms with Gasteiger partial charge in [-0.1, -0.05) is 0 Å². The van der Waals surface area contributed by atoms with E-state index in [0.29, 0.717) is 44.1 Å². The van der Waals surface area contributed by atoms with E-state index in [0.717, 1.165) is 0 Å². The molecule has 0 radical (unpaired) electrons. The fourth-order valence-corrected chi connectivity index (χ4v) is 2.41. The summed E-state index contributed by atoms with van der Waals surface area (Å²) in [6, 6.07) is 1.48. The molecule has 2 aliphatic rings. The molecule has 2 fully saturated rings. The Morgan fingerprint density at radius 3 is 3.00 bits per heavy atom. The smallest absolute Gasteiger partial charge is 0.257 e. The van der Waals surface area contributed by atoms with Gasteiger partial charge in [0.15, 0.2) is 5.67 Å². The summed E-state index contributed by atoms with van der Waals surface area (Å²) in [5, 5.41) is 6.04. The summed E-state index contributed by atoms with van der Waals surface area (Å²) in [6.07, 6.45) is 2.97. The standard InChI is InChI=1S/C14H19FN4O2/c1-9-16-6-2-12(17-9)18-11-8-21-7-3-10(11)19-13(20)14(15)4-5-14/h2,6,10-11H,3-5,7-8H2,1H3,(H,19,20)(H,16,17,18)/t10-,11+/m0/s1. The number of rotatable bonds is 4. The van der Waals surface area contributed by atoms with Gasteiger partial charge in [-0.2, -0.15) is 0 Å². The van der Waals surface area contributed by atoms with E-state index >= 15 is 0 Å². The van der Waals surface area contributed by atoms with Crippen molar-refractivity contribution in [3.63, 3.8) is 0 Å². The molecule has 2 N–H and O–H groups in total. The number of aryl methyl sites for hydroxylation is 1. The molecule has 7 heteroatoms. The predicted molar refractivity (Wildman–Crippen MR) is 74.6 cm³/mol. The van der Waals surface area contributed by atoms with Crippen LogP contribution in [0.3, 0.4) is 0 Å². The number of alkyl halides is 1. The number of nitrogens with one attached hydrogen (secondary N) is 2. The van der Waals surface area contributed by atoms with Gasteiger partial charge in [0.2, 0.25) is 0 Å². The zero-order chi connectivity index (χ0) is 14.9. The fraction of sp³-hybridized carbons (Fsp3) is 0.643. The van der Waals surface area contributed by atoms with E-state index in [2.05, 4.69) is 20.6 Å². The van der Waals surface area contributed by atoms with Crippen LogP contribution < -0.4 is 10.6 Å². The van der Waals surface area contributed by atoms with E-state index in [9.17, 15) is 9.18 Å². The molecule has 1 saturated carbocycles. The molecule has 0 bridgehead atoms. The summed E-state index contributed by atoms with van der Waals surface area (Å²) in [4.78, 5) is 20.2. The fourth-order valence-electron chi connectivity index (χ4n) is 2.41. The van der Waals surface area contributed by atoms with Crippen molar-refractivity contribution in [3.05, 3.63) is 18.1 Å². The minimum atomic E-state index is -1.64. The number of nitrogens with zero attached hydrogens (tertiary/aromatic N) is 2. The average molecular weight is 294 g/mol. The lowest BCUT2D eigenvalue weighted by atomic mass is 10.0. The highest BCUT2D eigenvalue weighted by molar-refractivity contribution is 5.88. The number of amides is 1. The minimum Gasteiger partial charge on any atom is -0.379 e. The molecule has 1 saturated heterocycles. The number of carbonyl (C=O) groups excluding carboxylic acids is 1. The summed E-state index contributed by atoms with van der Waals surface area (Å²) < 4.78 is 19.2. The summed E-state index contributed by atoms with van der Waals surface area (Å²) in [5.41, 5.74) is -1.64. The van der Waals surface area contributed by atoms with Crippen molar-refractivity contribution in [1.82, 2.24) is 15.3 Å². The summed E-state index contributed by atoms with van der Waals surface area (Å²) in [7, 11) is 0. The Bertz CT molecular complexity index is 535. The molecule has 6 nitrogen and oxygen atoms in total. The topological polar surface area (TPSA) is 76.1 Å². The minimum absolute atomic E-state index is 0.126. The summed E-state index contributed by atoms with van der Waals surface area (Å²) >= 11 is 0. The predicted octanol–water partition coefficient (Wildman–Crippen LogP) is 0.973. The average Bonchev–Trinajstić information content (AvgIpc) is 3.20. The van der Waals surface area contributed by atoms with Crippen molar-refractivity contribution < 1.29 is 13.9 Å². The maximum absolute atomic E-state index is 13.8. The van der Waals surface area contributed by atoms with Crippen LogP contribution in [0.4, 0.5) is 10.2 Å². The first-order valence-electron chi connectivity index (χ1n) is 7.21. The first kappa shape index (κ1) is 14.2. The number of ether oxygens (including phenoxy) is 1. The van der Waals surface area contributed by atoms with Crippen molar-refractivity contribution in [3.8, 4) is 0 Å². The van der Waals surface area contributed by atoms with Crippen LogP contribution in [0, 0.1) is 6.92 Å². The Hall–Kier alpha value is -1.76. The lowest BCUT2D eigenvalue weighted by Gasteiger charge is -2.33. The Morgan fingerprint density at radius 1 is 1.48 bits per heavy atom. The van der Waals surface area contributed by atoms with Gasteiger partial charge in [0.25, 0.3) is 5.91 Å². The lowest BCUT2D eigenvalue weighted by Crippen LogP contribution is -2.54. The molecule has 0 spiro atoms. The molecule has 2 heterocycles. The van der Waals surface area contributed by atoms with Crippen LogP contribution in [0.5, 0.6) is 0 Å². The second-order valence-corrected chi connectivity index (χ2v) is 5.65. The second kappa shape index (κ2) is 5.55. The van der Waals surface area contributed by atoms with Gasteiger partial charge in [-0.15, -0.1) is 0 Å². The van der Waals surface area contributed by atoms with Crippen LogP contribution >= 0.6 is 0 Å². The molecular weight excluding hydrogens is 275 g/mol. The third-order valence-corrected chi connectivity index (χ3v) is 3.88. The van der Waals surface area contributed by atoms with E-state index < -0.39 is 11.6 Å². The number of hydrogen-bond acceptors (Lipinski definition) is 5. The molecule has 3 rings (SSSR count). The molecule has 1 aliphatic carbocycles. The third-order valence-electron chi connectivity index (χ3n) is 3.88. The van der Waals surface area contributed by atoms with E-state index in [4.69, 9.17) is 4.74 Å². The van der Waals surface area contributed by atoms with Gasteiger partial charge in [0, 0.05) is 12.8 Å². The first-order chi connectivity index (χ1) is 10.1. The van der Waals surface area contributed by atoms with Gasteiger partial charge in [0.1, 0.15) is 11.6 Å².